The van der Waals surface area contributed by atoms with E-state index in [1.165, 1.54) is 36.1 Å². The van der Waals surface area contributed by atoms with Crippen LogP contribution in [0, 0.1) is 13.8 Å². The topological polar surface area (TPSA) is 53.4 Å². The molecule has 1 atom stereocenters. The van der Waals surface area contributed by atoms with Gasteiger partial charge in [0, 0.05) is 25.4 Å². The molecule has 18 heavy (non-hydrogen) atoms. The van der Waals surface area contributed by atoms with Crippen LogP contribution in [0.2, 0.25) is 0 Å². The van der Waals surface area contributed by atoms with Crippen LogP contribution in [0.15, 0.2) is 12.4 Å². The predicted molar refractivity (Wildman–Crippen MR) is 71.6 cm³/mol. The Morgan fingerprint density at radius 3 is 2.56 bits per heavy atom. The van der Waals surface area contributed by atoms with Crippen molar-refractivity contribution in [3.63, 3.8) is 0 Å². The normalized spacial score (nSPS) is 19.2. The third-order valence-corrected chi connectivity index (χ3v) is 3.39. The predicted octanol–water partition coefficient (Wildman–Crippen LogP) is 2.56. The average molecular weight is 250 g/mol. The van der Waals surface area contributed by atoms with Crippen LogP contribution in [0.25, 0.3) is 0 Å². The molecule has 1 fully saturated rings. The Morgan fingerprint density at radius 1 is 1.44 bits per heavy atom. The summed E-state index contributed by atoms with van der Waals surface area (Å²) in [7, 11) is 2.21. The highest BCUT2D eigenvalue weighted by atomic mass is 16.4. The first-order valence-electron chi connectivity index (χ1n) is 6.24. The van der Waals surface area contributed by atoms with Crippen molar-refractivity contribution in [1.29, 1.82) is 0 Å². The minimum absolute atomic E-state index is 0.599. The van der Waals surface area contributed by atoms with Crippen LogP contribution in [-0.2, 0) is 4.79 Å². The molecule has 1 N–H and O–H groups in total. The van der Waals surface area contributed by atoms with E-state index in [4.69, 9.17) is 9.90 Å². The maximum absolute atomic E-state index is 9.00. The quantitative estimate of drug-likeness (QED) is 0.832. The van der Waals surface area contributed by atoms with Gasteiger partial charge >= 0.3 is 0 Å². The molecule has 1 saturated heterocycles. The SMILES string of the molecule is CC(=O)O.Cc1cncc([C@@H]2CCCN2C)c1C. The average Bonchev–Trinajstić information content (AvgIpc) is 2.68. The van der Waals surface area contributed by atoms with Crippen molar-refractivity contribution in [3.8, 4) is 0 Å². The van der Waals surface area contributed by atoms with Gasteiger partial charge in [0.2, 0.25) is 0 Å². The number of nitrogens with zero attached hydrogens (tertiary/aromatic N) is 2. The number of pyridine rings is 1. The van der Waals surface area contributed by atoms with Gasteiger partial charge in [-0.25, -0.2) is 0 Å². The van der Waals surface area contributed by atoms with E-state index in [-0.39, 0.29) is 0 Å². The van der Waals surface area contributed by atoms with Crippen molar-refractivity contribution >= 4 is 5.97 Å². The first-order chi connectivity index (χ1) is 8.43. The molecule has 0 spiro atoms. The summed E-state index contributed by atoms with van der Waals surface area (Å²) in [5.74, 6) is -0.833. The molecule has 4 nitrogen and oxygen atoms in total. The van der Waals surface area contributed by atoms with E-state index >= 15 is 0 Å². The van der Waals surface area contributed by atoms with E-state index in [0.29, 0.717) is 6.04 Å². The highest BCUT2D eigenvalue weighted by Crippen LogP contribution is 2.32. The fraction of sp³-hybridized carbons (Fsp3) is 0.571. The number of likely N-dealkylation sites (tertiary alicyclic amines) is 1. The van der Waals surface area contributed by atoms with Crippen molar-refractivity contribution in [3.05, 3.63) is 29.1 Å². The summed E-state index contributed by atoms with van der Waals surface area (Å²) in [6.45, 7) is 6.65. The van der Waals surface area contributed by atoms with Gasteiger partial charge in [0.1, 0.15) is 0 Å². The molecule has 1 aromatic heterocycles. The van der Waals surface area contributed by atoms with Gasteiger partial charge in [0.25, 0.3) is 5.97 Å². The highest BCUT2D eigenvalue weighted by Gasteiger charge is 2.24. The summed E-state index contributed by atoms with van der Waals surface area (Å²) in [6, 6.07) is 0.599. The fourth-order valence-corrected chi connectivity index (χ4v) is 2.29. The van der Waals surface area contributed by atoms with Crippen molar-refractivity contribution in [2.75, 3.05) is 13.6 Å². The van der Waals surface area contributed by atoms with E-state index in [1.807, 2.05) is 12.4 Å². The molecular formula is C14H22N2O2. The third kappa shape index (κ3) is 3.81. The van der Waals surface area contributed by atoms with E-state index in [1.54, 1.807) is 0 Å². The molecule has 4 heteroatoms. The number of carboxylic acid groups (broad SMARTS) is 1. The van der Waals surface area contributed by atoms with Gasteiger partial charge in [-0.3, -0.25) is 14.7 Å². The summed E-state index contributed by atoms with van der Waals surface area (Å²) in [6.07, 6.45) is 6.58. The first kappa shape index (κ1) is 14.6. The van der Waals surface area contributed by atoms with Crippen LogP contribution in [0.3, 0.4) is 0 Å². The molecule has 0 amide bonds. The molecule has 100 valence electrons. The molecule has 1 aliphatic heterocycles. The number of aryl methyl sites for hydroxylation is 1. The Balaban J connectivity index is 0.000000357. The van der Waals surface area contributed by atoms with Gasteiger partial charge in [-0.15, -0.1) is 0 Å². The third-order valence-electron chi connectivity index (χ3n) is 3.39. The lowest BCUT2D eigenvalue weighted by Gasteiger charge is -2.21. The van der Waals surface area contributed by atoms with Crippen molar-refractivity contribution in [2.45, 2.75) is 39.7 Å². The van der Waals surface area contributed by atoms with Gasteiger partial charge in [0.05, 0.1) is 0 Å². The number of aromatic nitrogens is 1. The largest absolute Gasteiger partial charge is 0.481 e. The lowest BCUT2D eigenvalue weighted by molar-refractivity contribution is -0.134. The molecule has 0 unspecified atom stereocenters. The molecule has 0 radical (unpaired) electrons. The van der Waals surface area contributed by atoms with Gasteiger partial charge in [-0.2, -0.15) is 0 Å². The Hall–Kier alpha value is -1.42. The minimum atomic E-state index is -0.833. The Labute approximate surface area is 109 Å². The Kier molecular flexibility index (Phi) is 5.28. The molecule has 0 aromatic carbocycles. The molecule has 0 bridgehead atoms. The van der Waals surface area contributed by atoms with Crippen LogP contribution in [0.4, 0.5) is 0 Å². The van der Waals surface area contributed by atoms with Gasteiger partial charge in [0.15, 0.2) is 0 Å². The maximum Gasteiger partial charge on any atom is 0.300 e. The number of carbonyl (C=O) groups is 1. The molecule has 1 aromatic rings. The Bertz CT molecular complexity index is 414. The lowest BCUT2D eigenvalue weighted by Crippen LogP contribution is -2.18. The second-order valence-electron chi connectivity index (χ2n) is 4.83. The van der Waals surface area contributed by atoms with E-state index in [9.17, 15) is 0 Å². The zero-order chi connectivity index (χ0) is 13.7. The summed E-state index contributed by atoms with van der Waals surface area (Å²) < 4.78 is 0. The second kappa shape index (κ2) is 6.50. The van der Waals surface area contributed by atoms with Crippen LogP contribution in [0.5, 0.6) is 0 Å². The van der Waals surface area contributed by atoms with Gasteiger partial charge < -0.3 is 5.11 Å². The van der Waals surface area contributed by atoms with Crippen LogP contribution < -0.4 is 0 Å². The zero-order valence-electron chi connectivity index (χ0n) is 11.6. The van der Waals surface area contributed by atoms with E-state index in [2.05, 4.69) is 30.8 Å². The summed E-state index contributed by atoms with van der Waals surface area (Å²) in [5, 5.41) is 7.42. The van der Waals surface area contributed by atoms with Crippen molar-refractivity contribution in [2.24, 2.45) is 0 Å². The van der Waals surface area contributed by atoms with Crippen LogP contribution >= 0.6 is 0 Å². The zero-order valence-corrected chi connectivity index (χ0v) is 11.6. The summed E-state index contributed by atoms with van der Waals surface area (Å²) in [5.41, 5.74) is 4.14. The lowest BCUT2D eigenvalue weighted by atomic mass is 9.99. The van der Waals surface area contributed by atoms with Gasteiger partial charge in [-0.1, -0.05) is 0 Å². The number of rotatable bonds is 1. The summed E-state index contributed by atoms with van der Waals surface area (Å²) in [4.78, 5) is 15.7. The van der Waals surface area contributed by atoms with E-state index < -0.39 is 5.97 Å². The number of hydrogen-bond acceptors (Lipinski definition) is 3. The van der Waals surface area contributed by atoms with Gasteiger partial charge in [-0.05, 0) is 57.0 Å². The fourth-order valence-electron chi connectivity index (χ4n) is 2.29. The number of carboxylic acids is 1. The molecule has 0 aliphatic carbocycles. The highest BCUT2D eigenvalue weighted by molar-refractivity contribution is 5.62. The minimum Gasteiger partial charge on any atom is -0.481 e. The molecule has 0 saturated carbocycles. The number of aliphatic carboxylic acids is 1. The molecule has 2 heterocycles. The monoisotopic (exact) mass is 250 g/mol. The van der Waals surface area contributed by atoms with Crippen LogP contribution in [0.1, 0.15) is 42.5 Å². The van der Waals surface area contributed by atoms with Crippen molar-refractivity contribution in [1.82, 2.24) is 9.88 Å². The Morgan fingerprint density at radius 2 is 2.06 bits per heavy atom. The van der Waals surface area contributed by atoms with Crippen molar-refractivity contribution < 1.29 is 9.90 Å². The summed E-state index contributed by atoms with van der Waals surface area (Å²) >= 11 is 0. The first-order valence-corrected chi connectivity index (χ1v) is 6.24. The van der Waals surface area contributed by atoms with Crippen LogP contribution in [-0.4, -0.2) is 34.6 Å². The molecule has 2 rings (SSSR count). The number of hydrogen-bond donors (Lipinski definition) is 1. The van der Waals surface area contributed by atoms with E-state index in [0.717, 1.165) is 6.92 Å². The molecule has 1 aliphatic rings. The smallest absolute Gasteiger partial charge is 0.300 e. The standard InChI is InChI=1S/C12H18N2.C2H4O2/c1-9-7-13-8-11(10(9)2)12-5-4-6-14(12)3;1-2(3)4/h7-8,12H,4-6H2,1-3H3;1H3,(H,3,4)/t12-;/m0./s1. The second-order valence-corrected chi connectivity index (χ2v) is 4.83. The maximum atomic E-state index is 9.00. The molecular weight excluding hydrogens is 228 g/mol.